The molecule has 0 amide bonds. The van der Waals surface area contributed by atoms with Crippen molar-refractivity contribution in [2.24, 2.45) is 0 Å². The van der Waals surface area contributed by atoms with Crippen molar-refractivity contribution in [3.05, 3.63) is 70.2 Å². The summed E-state index contributed by atoms with van der Waals surface area (Å²) in [6.07, 6.45) is 2.60. The molecule has 1 aliphatic carbocycles. The van der Waals surface area contributed by atoms with Gasteiger partial charge in [-0.1, -0.05) is 58.4 Å². The Morgan fingerprint density at radius 1 is 0.947 bits per heavy atom. The highest BCUT2D eigenvalue weighted by Crippen LogP contribution is 2.47. The Morgan fingerprint density at radius 3 is 2.26 bits per heavy atom. The van der Waals surface area contributed by atoms with Crippen molar-refractivity contribution >= 4 is 15.9 Å². The molecule has 0 atom stereocenters. The van der Waals surface area contributed by atoms with Gasteiger partial charge in [0.1, 0.15) is 0 Å². The first-order valence-corrected chi connectivity index (χ1v) is 7.59. The van der Waals surface area contributed by atoms with Crippen LogP contribution in [-0.4, -0.2) is 6.54 Å². The van der Waals surface area contributed by atoms with Gasteiger partial charge in [-0.3, -0.25) is 0 Å². The molecule has 0 bridgehead atoms. The van der Waals surface area contributed by atoms with Crippen LogP contribution in [0.2, 0.25) is 0 Å². The second kappa shape index (κ2) is 5.48. The van der Waals surface area contributed by atoms with Gasteiger partial charge in [0.2, 0.25) is 0 Å². The Hall–Kier alpha value is -1.12. The Kier molecular flexibility index (Phi) is 3.72. The molecule has 2 aromatic rings. The van der Waals surface area contributed by atoms with Crippen LogP contribution in [0.5, 0.6) is 0 Å². The van der Waals surface area contributed by atoms with Gasteiger partial charge in [0.05, 0.1) is 0 Å². The van der Waals surface area contributed by atoms with Gasteiger partial charge in [-0.15, -0.1) is 0 Å². The predicted octanol–water partition coefficient (Wildman–Crippen LogP) is 4.27. The maximum atomic E-state index is 3.61. The smallest absolute Gasteiger partial charge is 0.0205 e. The first-order valence-electron chi connectivity index (χ1n) is 6.79. The van der Waals surface area contributed by atoms with Crippen LogP contribution in [-0.2, 0) is 12.0 Å². The highest BCUT2D eigenvalue weighted by Gasteiger charge is 2.43. The summed E-state index contributed by atoms with van der Waals surface area (Å²) in [5.74, 6) is 0. The quantitative estimate of drug-likeness (QED) is 0.868. The van der Waals surface area contributed by atoms with Crippen molar-refractivity contribution < 1.29 is 0 Å². The number of hydrogen-bond acceptors (Lipinski definition) is 1. The molecule has 1 saturated carbocycles. The maximum Gasteiger partial charge on any atom is 0.0205 e. The van der Waals surface area contributed by atoms with E-state index >= 15 is 0 Å². The lowest BCUT2D eigenvalue weighted by molar-refractivity contribution is 0.574. The molecule has 0 unspecified atom stereocenters. The zero-order chi connectivity index (χ0) is 13.1. The van der Waals surface area contributed by atoms with E-state index in [9.17, 15) is 0 Å². The Morgan fingerprint density at radius 2 is 1.63 bits per heavy atom. The summed E-state index contributed by atoms with van der Waals surface area (Å²) in [6.45, 7) is 2.03. The van der Waals surface area contributed by atoms with Gasteiger partial charge < -0.3 is 5.32 Å². The molecule has 0 heterocycles. The zero-order valence-corrected chi connectivity index (χ0v) is 12.5. The minimum Gasteiger partial charge on any atom is -0.312 e. The fraction of sp³-hybridized carbons (Fsp3) is 0.294. The summed E-state index contributed by atoms with van der Waals surface area (Å²) in [4.78, 5) is 0. The Balaban J connectivity index is 1.59. The lowest BCUT2D eigenvalue weighted by atomic mass is 9.96. The molecule has 0 aliphatic heterocycles. The van der Waals surface area contributed by atoms with Gasteiger partial charge in [-0.25, -0.2) is 0 Å². The SMILES string of the molecule is Brc1ccc(C2(CNCc3ccccc3)CC2)cc1. The second-order valence-electron chi connectivity index (χ2n) is 5.38. The number of benzene rings is 2. The second-order valence-corrected chi connectivity index (χ2v) is 6.29. The summed E-state index contributed by atoms with van der Waals surface area (Å²) in [7, 11) is 0. The van der Waals surface area contributed by atoms with E-state index in [0.717, 1.165) is 17.6 Å². The Bertz CT molecular complexity index is 529. The van der Waals surface area contributed by atoms with Gasteiger partial charge in [-0.05, 0) is 36.1 Å². The molecular formula is C17H18BrN. The van der Waals surface area contributed by atoms with Crippen molar-refractivity contribution in [2.45, 2.75) is 24.8 Å². The summed E-state index contributed by atoms with van der Waals surface area (Å²) < 4.78 is 1.16. The van der Waals surface area contributed by atoms with Crippen LogP contribution in [0.15, 0.2) is 59.1 Å². The monoisotopic (exact) mass is 315 g/mol. The third-order valence-electron chi connectivity index (χ3n) is 3.95. The summed E-state index contributed by atoms with van der Waals surface area (Å²) in [5.41, 5.74) is 3.21. The molecule has 0 spiro atoms. The molecule has 1 aliphatic rings. The fourth-order valence-corrected chi connectivity index (χ4v) is 2.83. The number of nitrogens with one attached hydrogen (secondary N) is 1. The molecule has 98 valence electrons. The van der Waals surface area contributed by atoms with Crippen LogP contribution >= 0.6 is 15.9 Å². The first-order chi connectivity index (χ1) is 9.28. The van der Waals surface area contributed by atoms with E-state index in [1.807, 2.05) is 0 Å². The average molecular weight is 316 g/mol. The third-order valence-corrected chi connectivity index (χ3v) is 4.47. The molecule has 1 nitrogen and oxygen atoms in total. The van der Waals surface area contributed by atoms with E-state index in [2.05, 4.69) is 75.8 Å². The molecule has 2 aromatic carbocycles. The van der Waals surface area contributed by atoms with Gasteiger partial charge in [0.25, 0.3) is 0 Å². The molecule has 2 heteroatoms. The lowest BCUT2D eigenvalue weighted by Crippen LogP contribution is -2.26. The van der Waals surface area contributed by atoms with Gasteiger partial charge in [0.15, 0.2) is 0 Å². The third kappa shape index (κ3) is 3.07. The predicted molar refractivity (Wildman–Crippen MR) is 83.2 cm³/mol. The van der Waals surface area contributed by atoms with E-state index in [1.165, 1.54) is 24.0 Å². The van der Waals surface area contributed by atoms with Crippen molar-refractivity contribution in [1.82, 2.24) is 5.32 Å². The molecular weight excluding hydrogens is 298 g/mol. The molecule has 1 fully saturated rings. The molecule has 0 saturated heterocycles. The molecule has 0 radical (unpaired) electrons. The van der Waals surface area contributed by atoms with Crippen molar-refractivity contribution in [2.75, 3.05) is 6.54 Å². The highest BCUT2D eigenvalue weighted by molar-refractivity contribution is 9.10. The molecule has 1 N–H and O–H groups in total. The van der Waals surface area contributed by atoms with Crippen LogP contribution in [0.25, 0.3) is 0 Å². The fourth-order valence-electron chi connectivity index (χ4n) is 2.56. The molecule has 0 aromatic heterocycles. The summed E-state index contributed by atoms with van der Waals surface area (Å²) >= 11 is 3.50. The Labute approximate surface area is 123 Å². The van der Waals surface area contributed by atoms with Crippen molar-refractivity contribution in [3.63, 3.8) is 0 Å². The standard InChI is InChI=1S/C17H18BrN/c18-16-8-6-15(7-9-16)17(10-11-17)13-19-12-14-4-2-1-3-5-14/h1-9,19H,10-13H2. The topological polar surface area (TPSA) is 12.0 Å². The largest absolute Gasteiger partial charge is 0.312 e. The first kappa shape index (κ1) is 12.9. The number of halogens is 1. The lowest BCUT2D eigenvalue weighted by Gasteiger charge is -2.17. The minimum absolute atomic E-state index is 0.384. The van der Waals surface area contributed by atoms with Crippen molar-refractivity contribution in [3.8, 4) is 0 Å². The maximum absolute atomic E-state index is 3.61. The molecule has 19 heavy (non-hydrogen) atoms. The summed E-state index contributed by atoms with van der Waals surface area (Å²) in [5, 5.41) is 3.61. The minimum atomic E-state index is 0.384. The van der Waals surface area contributed by atoms with E-state index in [0.29, 0.717) is 5.41 Å². The van der Waals surface area contributed by atoms with Crippen molar-refractivity contribution in [1.29, 1.82) is 0 Å². The summed E-state index contributed by atoms with van der Waals surface area (Å²) in [6, 6.07) is 19.4. The highest BCUT2D eigenvalue weighted by atomic mass is 79.9. The van der Waals surface area contributed by atoms with Gasteiger partial charge >= 0.3 is 0 Å². The van der Waals surface area contributed by atoms with E-state index in [4.69, 9.17) is 0 Å². The zero-order valence-electron chi connectivity index (χ0n) is 10.9. The van der Waals surface area contributed by atoms with E-state index < -0.39 is 0 Å². The van der Waals surface area contributed by atoms with Crippen LogP contribution in [0.4, 0.5) is 0 Å². The number of rotatable bonds is 5. The van der Waals surface area contributed by atoms with Crippen LogP contribution in [0, 0.1) is 0 Å². The van der Waals surface area contributed by atoms with E-state index in [1.54, 1.807) is 0 Å². The molecule has 3 rings (SSSR count). The average Bonchev–Trinajstić information content (AvgIpc) is 3.22. The van der Waals surface area contributed by atoms with Crippen LogP contribution in [0.3, 0.4) is 0 Å². The van der Waals surface area contributed by atoms with Crippen LogP contribution in [0.1, 0.15) is 24.0 Å². The van der Waals surface area contributed by atoms with Gasteiger partial charge in [-0.2, -0.15) is 0 Å². The number of hydrogen-bond donors (Lipinski definition) is 1. The van der Waals surface area contributed by atoms with E-state index in [-0.39, 0.29) is 0 Å². The van der Waals surface area contributed by atoms with Gasteiger partial charge in [0, 0.05) is 23.0 Å². The normalized spacial score (nSPS) is 16.3. The van der Waals surface area contributed by atoms with Crippen LogP contribution < -0.4 is 5.32 Å².